The molecule has 0 aliphatic carbocycles. The van der Waals surface area contributed by atoms with Gasteiger partial charge in [0.15, 0.2) is 0 Å². The number of piperidine rings is 1. The van der Waals surface area contributed by atoms with Crippen LogP contribution in [0.3, 0.4) is 0 Å². The standard InChI is InChI=1S/C21H26N2O4/c1-4-22-13-17(19(24)16-12-14(3)6-7-18(16)22)20(25)23-10-8-15(9-11-23)21(26)27-5-2/h6-7,12-13,15H,4-5,8-11H2,1-3H3. The molecule has 6 nitrogen and oxygen atoms in total. The SMILES string of the molecule is CCOC(=O)C1CCN(C(=O)c2cn(CC)c3ccc(C)cc3c2=O)CC1. The van der Waals surface area contributed by atoms with E-state index in [1.807, 2.05) is 36.6 Å². The average Bonchev–Trinajstić information content (AvgIpc) is 2.68. The lowest BCUT2D eigenvalue weighted by molar-refractivity contribution is -0.149. The number of nitrogens with zero attached hydrogens (tertiary/aromatic N) is 2. The van der Waals surface area contributed by atoms with Crippen LogP contribution in [0.5, 0.6) is 0 Å². The third-order valence-corrected chi connectivity index (χ3v) is 5.21. The highest BCUT2D eigenvalue weighted by atomic mass is 16.5. The topological polar surface area (TPSA) is 68.6 Å². The number of esters is 1. The lowest BCUT2D eigenvalue weighted by Crippen LogP contribution is -2.42. The number of carbonyl (C=O) groups is 2. The maximum atomic E-state index is 13.0. The number of ether oxygens (including phenoxy) is 1. The molecule has 1 fully saturated rings. The molecule has 0 atom stereocenters. The number of rotatable bonds is 4. The van der Waals surface area contributed by atoms with Crippen LogP contribution in [0.25, 0.3) is 10.9 Å². The first kappa shape index (κ1) is 19.1. The normalized spacial score (nSPS) is 15.1. The summed E-state index contributed by atoms with van der Waals surface area (Å²) in [7, 11) is 0. The fourth-order valence-corrected chi connectivity index (χ4v) is 3.67. The number of hydrogen-bond acceptors (Lipinski definition) is 4. The average molecular weight is 370 g/mol. The maximum absolute atomic E-state index is 13.0. The van der Waals surface area contributed by atoms with Crippen LogP contribution in [0.15, 0.2) is 29.2 Å². The second-order valence-electron chi connectivity index (χ2n) is 7.00. The minimum atomic E-state index is -0.257. The Balaban J connectivity index is 1.87. The number of pyridine rings is 1. The molecular weight excluding hydrogens is 344 g/mol. The van der Waals surface area contributed by atoms with Crippen molar-refractivity contribution >= 4 is 22.8 Å². The van der Waals surface area contributed by atoms with Gasteiger partial charge in [0.2, 0.25) is 5.43 Å². The van der Waals surface area contributed by atoms with E-state index >= 15 is 0 Å². The van der Waals surface area contributed by atoms with Gasteiger partial charge in [0.1, 0.15) is 5.56 Å². The number of amides is 1. The van der Waals surface area contributed by atoms with E-state index in [4.69, 9.17) is 4.74 Å². The Labute approximate surface area is 158 Å². The molecule has 1 amide bonds. The number of likely N-dealkylation sites (tertiary alicyclic amines) is 1. The highest BCUT2D eigenvalue weighted by Gasteiger charge is 2.30. The van der Waals surface area contributed by atoms with Gasteiger partial charge in [-0.1, -0.05) is 11.6 Å². The molecule has 1 aliphatic rings. The lowest BCUT2D eigenvalue weighted by Gasteiger charge is -2.31. The summed E-state index contributed by atoms with van der Waals surface area (Å²) >= 11 is 0. The summed E-state index contributed by atoms with van der Waals surface area (Å²) in [5.74, 6) is -0.618. The number of aryl methyl sites for hydroxylation is 2. The molecule has 1 aromatic heterocycles. The van der Waals surface area contributed by atoms with Crippen LogP contribution in [0.2, 0.25) is 0 Å². The van der Waals surface area contributed by atoms with Crippen molar-refractivity contribution in [2.75, 3.05) is 19.7 Å². The minimum Gasteiger partial charge on any atom is -0.466 e. The van der Waals surface area contributed by atoms with Crippen LogP contribution in [-0.4, -0.2) is 41.0 Å². The highest BCUT2D eigenvalue weighted by molar-refractivity contribution is 5.97. The van der Waals surface area contributed by atoms with Gasteiger partial charge in [0.05, 0.1) is 18.0 Å². The molecule has 2 aromatic rings. The molecule has 0 bridgehead atoms. The van der Waals surface area contributed by atoms with Crippen molar-refractivity contribution in [2.45, 2.75) is 40.2 Å². The van der Waals surface area contributed by atoms with Crippen molar-refractivity contribution in [1.82, 2.24) is 9.47 Å². The Morgan fingerprint density at radius 3 is 2.52 bits per heavy atom. The molecule has 0 radical (unpaired) electrons. The molecule has 3 rings (SSSR count). The lowest BCUT2D eigenvalue weighted by atomic mass is 9.96. The number of hydrogen-bond donors (Lipinski definition) is 0. The van der Waals surface area contributed by atoms with Gasteiger partial charge >= 0.3 is 5.97 Å². The minimum absolute atomic E-state index is 0.166. The number of carbonyl (C=O) groups excluding carboxylic acids is 2. The van der Waals surface area contributed by atoms with E-state index < -0.39 is 0 Å². The zero-order valence-corrected chi connectivity index (χ0v) is 16.2. The van der Waals surface area contributed by atoms with E-state index in [9.17, 15) is 14.4 Å². The van der Waals surface area contributed by atoms with Crippen molar-refractivity contribution < 1.29 is 14.3 Å². The largest absolute Gasteiger partial charge is 0.466 e. The molecule has 27 heavy (non-hydrogen) atoms. The van der Waals surface area contributed by atoms with Gasteiger partial charge < -0.3 is 14.2 Å². The van der Waals surface area contributed by atoms with Gasteiger partial charge in [-0.2, -0.15) is 0 Å². The van der Waals surface area contributed by atoms with Crippen molar-refractivity contribution in [3.63, 3.8) is 0 Å². The monoisotopic (exact) mass is 370 g/mol. The van der Waals surface area contributed by atoms with Crippen molar-refractivity contribution in [2.24, 2.45) is 5.92 Å². The summed E-state index contributed by atoms with van der Waals surface area (Å²) in [6.45, 7) is 7.67. The molecule has 0 N–H and O–H groups in total. The number of fused-ring (bicyclic) bond motifs is 1. The predicted octanol–water partition coefficient (Wildman–Crippen LogP) is 2.75. The highest BCUT2D eigenvalue weighted by Crippen LogP contribution is 2.21. The van der Waals surface area contributed by atoms with E-state index in [1.165, 1.54) is 0 Å². The zero-order chi connectivity index (χ0) is 19.6. The summed E-state index contributed by atoms with van der Waals surface area (Å²) in [6.07, 6.45) is 2.80. The van der Waals surface area contributed by atoms with Gasteiger partial charge in [-0.05, 0) is 45.7 Å². The van der Waals surface area contributed by atoms with Crippen LogP contribution in [0, 0.1) is 12.8 Å². The number of aromatic nitrogens is 1. The molecule has 6 heteroatoms. The second-order valence-corrected chi connectivity index (χ2v) is 7.00. The molecule has 0 unspecified atom stereocenters. The van der Waals surface area contributed by atoms with Gasteiger partial charge in [-0.15, -0.1) is 0 Å². The van der Waals surface area contributed by atoms with Crippen LogP contribution >= 0.6 is 0 Å². The van der Waals surface area contributed by atoms with Crippen LogP contribution < -0.4 is 5.43 Å². The van der Waals surface area contributed by atoms with Crippen LogP contribution in [-0.2, 0) is 16.1 Å². The Morgan fingerprint density at radius 2 is 1.89 bits per heavy atom. The van der Waals surface area contributed by atoms with Crippen LogP contribution in [0.4, 0.5) is 0 Å². The smallest absolute Gasteiger partial charge is 0.309 e. The predicted molar refractivity (Wildman–Crippen MR) is 104 cm³/mol. The van der Waals surface area contributed by atoms with E-state index in [1.54, 1.807) is 18.0 Å². The van der Waals surface area contributed by atoms with E-state index in [0.717, 1.165) is 11.1 Å². The molecule has 1 aromatic carbocycles. The van der Waals surface area contributed by atoms with Gasteiger partial charge in [-0.3, -0.25) is 14.4 Å². The van der Waals surface area contributed by atoms with Crippen molar-refractivity contribution in [3.05, 3.63) is 45.7 Å². The first-order valence-corrected chi connectivity index (χ1v) is 9.56. The second kappa shape index (κ2) is 7.94. The molecule has 0 spiro atoms. The van der Waals surface area contributed by atoms with E-state index in [-0.39, 0.29) is 28.8 Å². The molecule has 2 heterocycles. The summed E-state index contributed by atoms with van der Waals surface area (Å²) in [4.78, 5) is 39.5. The molecule has 1 aliphatic heterocycles. The number of benzene rings is 1. The van der Waals surface area contributed by atoms with Crippen LogP contribution in [0.1, 0.15) is 42.6 Å². The fraction of sp³-hybridized carbons (Fsp3) is 0.476. The zero-order valence-electron chi connectivity index (χ0n) is 16.2. The quantitative estimate of drug-likeness (QED) is 0.776. The van der Waals surface area contributed by atoms with Gasteiger partial charge in [0.25, 0.3) is 5.91 Å². The fourth-order valence-electron chi connectivity index (χ4n) is 3.67. The molecule has 144 valence electrons. The Morgan fingerprint density at radius 1 is 1.19 bits per heavy atom. The van der Waals surface area contributed by atoms with Crippen molar-refractivity contribution in [3.8, 4) is 0 Å². The first-order valence-electron chi connectivity index (χ1n) is 9.56. The third-order valence-electron chi connectivity index (χ3n) is 5.21. The van der Waals surface area contributed by atoms with Gasteiger partial charge in [-0.25, -0.2) is 0 Å². The van der Waals surface area contributed by atoms with Crippen molar-refractivity contribution in [1.29, 1.82) is 0 Å². The Hall–Kier alpha value is -2.63. The molecular formula is C21H26N2O4. The summed E-state index contributed by atoms with van der Waals surface area (Å²) in [5, 5.41) is 0.573. The summed E-state index contributed by atoms with van der Waals surface area (Å²) < 4.78 is 7.01. The summed E-state index contributed by atoms with van der Waals surface area (Å²) in [5.41, 5.74) is 1.80. The Kier molecular flexibility index (Phi) is 5.63. The Bertz CT molecular complexity index is 924. The van der Waals surface area contributed by atoms with E-state index in [0.29, 0.717) is 44.5 Å². The third kappa shape index (κ3) is 3.75. The molecule has 1 saturated heterocycles. The van der Waals surface area contributed by atoms with Gasteiger partial charge in [0, 0.05) is 31.2 Å². The van der Waals surface area contributed by atoms with E-state index in [2.05, 4.69) is 0 Å². The summed E-state index contributed by atoms with van der Waals surface area (Å²) in [6, 6.07) is 5.73. The molecule has 0 saturated carbocycles. The first-order chi connectivity index (χ1) is 13.0. The maximum Gasteiger partial charge on any atom is 0.309 e.